The molecular weight excluding hydrogens is 350 g/mol. The minimum Gasteiger partial charge on any atom is -0.457 e. The maximum atomic E-state index is 12.4. The molecule has 0 unspecified atom stereocenters. The van der Waals surface area contributed by atoms with Gasteiger partial charge in [0, 0.05) is 24.9 Å². The summed E-state index contributed by atoms with van der Waals surface area (Å²) in [6.07, 6.45) is 2.82. The molecule has 1 aliphatic rings. The van der Waals surface area contributed by atoms with E-state index in [-0.39, 0.29) is 23.9 Å². The van der Waals surface area contributed by atoms with Gasteiger partial charge in [-0.1, -0.05) is 50.2 Å². The third kappa shape index (κ3) is 4.80. The van der Waals surface area contributed by atoms with Crippen molar-refractivity contribution in [2.45, 2.75) is 45.6 Å². The van der Waals surface area contributed by atoms with Gasteiger partial charge in [0.15, 0.2) is 0 Å². The molecular formula is C24H29NO3. The number of hydrogen-bond donors (Lipinski definition) is 1. The Bertz CT molecular complexity index is 826. The Balaban J connectivity index is 1.73. The summed E-state index contributed by atoms with van der Waals surface area (Å²) in [6, 6.07) is 15.9. The molecule has 0 aromatic heterocycles. The molecule has 0 saturated carbocycles. The number of hydrogen-bond acceptors (Lipinski definition) is 3. The molecule has 2 aromatic carbocycles. The number of fused-ring (bicyclic) bond motifs is 1. The van der Waals surface area contributed by atoms with Crippen molar-refractivity contribution >= 4 is 11.9 Å². The number of ether oxygens (including phenoxy) is 1. The first-order chi connectivity index (χ1) is 13.5. The van der Waals surface area contributed by atoms with E-state index < -0.39 is 0 Å². The molecule has 148 valence electrons. The summed E-state index contributed by atoms with van der Waals surface area (Å²) in [5, 5.41) is 2.64. The molecule has 1 amide bonds. The number of carbonyl (C=O) groups excluding carboxylic acids is 2. The molecule has 28 heavy (non-hydrogen) atoms. The third-order valence-electron chi connectivity index (χ3n) is 5.40. The van der Waals surface area contributed by atoms with Crippen molar-refractivity contribution in [3.63, 3.8) is 0 Å². The number of benzene rings is 2. The average molecular weight is 380 g/mol. The molecule has 2 aromatic rings. The van der Waals surface area contributed by atoms with Crippen LogP contribution >= 0.6 is 0 Å². The molecule has 1 aliphatic carbocycles. The molecule has 0 fully saturated rings. The van der Waals surface area contributed by atoms with Crippen molar-refractivity contribution in [2.75, 3.05) is 7.05 Å². The maximum Gasteiger partial charge on any atom is 0.306 e. The molecule has 4 nitrogen and oxygen atoms in total. The molecule has 2 atom stereocenters. The van der Waals surface area contributed by atoms with Gasteiger partial charge < -0.3 is 10.1 Å². The van der Waals surface area contributed by atoms with Gasteiger partial charge >= 0.3 is 5.97 Å². The van der Waals surface area contributed by atoms with Gasteiger partial charge in [0.2, 0.25) is 0 Å². The average Bonchev–Trinajstić information content (AvgIpc) is 3.03. The zero-order valence-corrected chi connectivity index (χ0v) is 16.9. The second-order valence-electron chi connectivity index (χ2n) is 7.99. The van der Waals surface area contributed by atoms with Crippen LogP contribution in [0.3, 0.4) is 0 Å². The Morgan fingerprint density at radius 1 is 1.11 bits per heavy atom. The number of amides is 1. The second kappa shape index (κ2) is 9.05. The highest BCUT2D eigenvalue weighted by atomic mass is 16.5. The predicted molar refractivity (Wildman–Crippen MR) is 110 cm³/mol. The van der Waals surface area contributed by atoms with Crippen LogP contribution in [0.2, 0.25) is 0 Å². The smallest absolute Gasteiger partial charge is 0.306 e. The Morgan fingerprint density at radius 3 is 2.50 bits per heavy atom. The molecule has 1 N–H and O–H groups in total. The second-order valence-corrected chi connectivity index (χ2v) is 7.99. The van der Waals surface area contributed by atoms with Crippen molar-refractivity contribution in [3.8, 4) is 0 Å². The highest BCUT2D eigenvalue weighted by Gasteiger charge is 2.35. The Morgan fingerprint density at radius 2 is 1.82 bits per heavy atom. The lowest BCUT2D eigenvalue weighted by Gasteiger charge is -2.21. The van der Waals surface area contributed by atoms with Crippen LogP contribution in [0.15, 0.2) is 48.5 Å². The van der Waals surface area contributed by atoms with Crippen LogP contribution in [-0.2, 0) is 22.4 Å². The lowest BCUT2D eigenvalue weighted by molar-refractivity contribution is -0.152. The van der Waals surface area contributed by atoms with Gasteiger partial charge in [0.1, 0.15) is 6.10 Å². The van der Waals surface area contributed by atoms with Crippen molar-refractivity contribution in [1.29, 1.82) is 0 Å². The topological polar surface area (TPSA) is 55.4 Å². The molecule has 3 rings (SSSR count). The van der Waals surface area contributed by atoms with E-state index in [0.29, 0.717) is 17.9 Å². The zero-order valence-electron chi connectivity index (χ0n) is 16.9. The highest BCUT2D eigenvalue weighted by molar-refractivity contribution is 5.93. The Hall–Kier alpha value is -2.62. The van der Waals surface area contributed by atoms with Crippen LogP contribution in [0.25, 0.3) is 0 Å². The molecule has 0 saturated heterocycles. The Labute approximate surface area is 167 Å². The van der Waals surface area contributed by atoms with Gasteiger partial charge in [-0.05, 0) is 54.0 Å². The molecule has 4 heteroatoms. The fraction of sp³-hybridized carbons (Fsp3) is 0.417. The van der Waals surface area contributed by atoms with E-state index in [1.807, 2.05) is 36.4 Å². The largest absolute Gasteiger partial charge is 0.457 e. The summed E-state index contributed by atoms with van der Waals surface area (Å²) >= 11 is 0. The van der Waals surface area contributed by atoms with Crippen LogP contribution in [0.1, 0.15) is 59.8 Å². The first-order valence-corrected chi connectivity index (χ1v) is 10.1. The normalized spacial score (nSPS) is 18.0. The number of esters is 1. The summed E-state index contributed by atoms with van der Waals surface area (Å²) in [6.45, 7) is 4.23. The van der Waals surface area contributed by atoms with E-state index in [9.17, 15) is 9.59 Å². The van der Waals surface area contributed by atoms with Crippen LogP contribution in [-0.4, -0.2) is 18.9 Å². The maximum absolute atomic E-state index is 12.4. The summed E-state index contributed by atoms with van der Waals surface area (Å²) < 4.78 is 5.95. The van der Waals surface area contributed by atoms with E-state index in [0.717, 1.165) is 30.4 Å². The van der Waals surface area contributed by atoms with E-state index in [1.54, 1.807) is 7.05 Å². The fourth-order valence-electron chi connectivity index (χ4n) is 3.83. The first kappa shape index (κ1) is 20.1. The van der Waals surface area contributed by atoms with Crippen LogP contribution in [0.5, 0.6) is 0 Å². The molecule has 0 spiro atoms. The summed E-state index contributed by atoms with van der Waals surface area (Å²) in [7, 11) is 1.63. The van der Waals surface area contributed by atoms with E-state index in [2.05, 4.69) is 31.3 Å². The van der Waals surface area contributed by atoms with E-state index in [4.69, 9.17) is 4.74 Å². The highest BCUT2D eigenvalue weighted by Crippen LogP contribution is 2.40. The molecule has 0 heterocycles. The molecule has 0 radical (unpaired) electrons. The van der Waals surface area contributed by atoms with Crippen molar-refractivity contribution < 1.29 is 14.3 Å². The standard InChI is InChI=1S/C24H29NO3/c1-16(2)8-13-22(26)28-23-20(15-19-6-4-5-7-21(19)23)14-17-9-11-18(12-10-17)24(27)25-3/h4-7,9-12,16,20,23H,8,13-15H2,1-3H3,(H,25,27)/t20-,23-/m1/s1. The minimum absolute atomic E-state index is 0.0863. The predicted octanol–water partition coefficient (Wildman–Crippen LogP) is 4.48. The van der Waals surface area contributed by atoms with Gasteiger partial charge in [0.05, 0.1) is 0 Å². The van der Waals surface area contributed by atoms with Crippen LogP contribution < -0.4 is 5.32 Å². The van der Waals surface area contributed by atoms with E-state index in [1.165, 1.54) is 5.56 Å². The van der Waals surface area contributed by atoms with Crippen molar-refractivity contribution in [3.05, 3.63) is 70.8 Å². The van der Waals surface area contributed by atoms with Crippen LogP contribution in [0.4, 0.5) is 0 Å². The first-order valence-electron chi connectivity index (χ1n) is 10.1. The van der Waals surface area contributed by atoms with Gasteiger partial charge in [-0.15, -0.1) is 0 Å². The molecule has 0 aliphatic heterocycles. The number of carbonyl (C=O) groups is 2. The monoisotopic (exact) mass is 379 g/mol. The van der Waals surface area contributed by atoms with Crippen molar-refractivity contribution in [2.24, 2.45) is 11.8 Å². The number of rotatable bonds is 7. The lowest BCUT2D eigenvalue weighted by atomic mass is 9.94. The van der Waals surface area contributed by atoms with E-state index >= 15 is 0 Å². The summed E-state index contributed by atoms with van der Waals surface area (Å²) in [5.41, 5.74) is 4.19. The summed E-state index contributed by atoms with van der Waals surface area (Å²) in [4.78, 5) is 24.1. The quantitative estimate of drug-likeness (QED) is 0.722. The lowest BCUT2D eigenvalue weighted by Crippen LogP contribution is -2.19. The van der Waals surface area contributed by atoms with Crippen molar-refractivity contribution in [1.82, 2.24) is 5.32 Å². The fourth-order valence-corrected chi connectivity index (χ4v) is 3.83. The minimum atomic E-state index is -0.200. The zero-order chi connectivity index (χ0) is 20.1. The van der Waals surface area contributed by atoms with Gasteiger partial charge in [-0.3, -0.25) is 9.59 Å². The van der Waals surface area contributed by atoms with Gasteiger partial charge in [-0.2, -0.15) is 0 Å². The molecule has 0 bridgehead atoms. The SMILES string of the molecule is CNC(=O)c1ccc(C[C@@H]2Cc3ccccc3[C@@H]2OC(=O)CCC(C)C)cc1. The van der Waals surface area contributed by atoms with Gasteiger partial charge in [-0.25, -0.2) is 0 Å². The Kier molecular flexibility index (Phi) is 6.50. The third-order valence-corrected chi connectivity index (χ3v) is 5.40. The van der Waals surface area contributed by atoms with Gasteiger partial charge in [0.25, 0.3) is 5.91 Å². The van der Waals surface area contributed by atoms with Crippen LogP contribution in [0, 0.1) is 11.8 Å². The summed E-state index contributed by atoms with van der Waals surface area (Å²) in [5.74, 6) is 0.497. The number of nitrogens with one attached hydrogen (secondary N) is 1.